The number of hydrogen-bond donors (Lipinski definition) is 2. The van der Waals surface area contributed by atoms with Gasteiger partial charge in [-0.3, -0.25) is 4.79 Å². The van der Waals surface area contributed by atoms with Crippen LogP contribution in [0.15, 0.2) is 47.7 Å². The Kier molecular flexibility index (Phi) is 10.0. The summed E-state index contributed by atoms with van der Waals surface area (Å²) >= 11 is 0. The van der Waals surface area contributed by atoms with E-state index in [1.807, 2.05) is 12.1 Å². The van der Waals surface area contributed by atoms with E-state index in [0.29, 0.717) is 18.1 Å². The fourth-order valence-electron chi connectivity index (χ4n) is 3.29. The molecule has 4 unspecified atom stereocenters. The minimum Gasteiger partial charge on any atom is -0.508 e. The van der Waals surface area contributed by atoms with Crippen molar-refractivity contribution < 1.29 is 34.0 Å². The molecule has 0 bridgehead atoms. The summed E-state index contributed by atoms with van der Waals surface area (Å²) in [6.45, 7) is 7.95. The van der Waals surface area contributed by atoms with Crippen molar-refractivity contribution in [3.8, 4) is 5.75 Å². The van der Waals surface area contributed by atoms with Gasteiger partial charge in [-0.25, -0.2) is 0 Å². The predicted octanol–water partition coefficient (Wildman–Crippen LogP) is 3.88. The monoisotopic (exact) mass is 434 g/mol. The van der Waals surface area contributed by atoms with Crippen LogP contribution in [0.2, 0.25) is 0 Å². The summed E-state index contributed by atoms with van der Waals surface area (Å²) < 4.78 is 22.2. The maximum absolute atomic E-state index is 11.2. The smallest absolute Gasteiger partial charge is 0.302 e. The van der Waals surface area contributed by atoms with E-state index in [4.69, 9.17) is 18.9 Å². The zero-order valence-corrected chi connectivity index (χ0v) is 18.7. The molecule has 0 aliphatic heterocycles. The van der Waals surface area contributed by atoms with Crippen LogP contribution in [-0.2, 0) is 19.0 Å². The third-order valence-electron chi connectivity index (χ3n) is 5.16. The molecule has 2 N–H and O–H groups in total. The molecule has 0 radical (unpaired) electrons. The first-order valence-electron chi connectivity index (χ1n) is 10.7. The van der Waals surface area contributed by atoms with E-state index in [1.165, 1.54) is 25.5 Å². The van der Waals surface area contributed by atoms with Crippen molar-refractivity contribution in [1.29, 1.82) is 0 Å². The topological polar surface area (TPSA) is 94.5 Å². The van der Waals surface area contributed by atoms with E-state index in [2.05, 4.69) is 26.0 Å². The first-order valence-corrected chi connectivity index (χ1v) is 10.7. The Bertz CT molecular complexity index is 752. The van der Waals surface area contributed by atoms with Gasteiger partial charge in [0.2, 0.25) is 0 Å². The maximum Gasteiger partial charge on any atom is 0.302 e. The normalized spacial score (nSPS) is 20.4. The molecule has 7 heteroatoms. The molecule has 0 heterocycles. The van der Waals surface area contributed by atoms with Gasteiger partial charge in [0.15, 0.2) is 6.29 Å². The van der Waals surface area contributed by atoms with Gasteiger partial charge in [0.25, 0.3) is 0 Å². The minimum absolute atomic E-state index is 0.00100. The number of aliphatic hydroxyl groups excluding tert-OH is 2. The van der Waals surface area contributed by atoms with Crippen LogP contribution in [0.4, 0.5) is 0 Å². The molecule has 31 heavy (non-hydrogen) atoms. The Morgan fingerprint density at radius 3 is 2.48 bits per heavy atom. The van der Waals surface area contributed by atoms with Gasteiger partial charge in [0.1, 0.15) is 24.7 Å². The highest BCUT2D eigenvalue weighted by atomic mass is 16.6. The third kappa shape index (κ3) is 8.36. The van der Waals surface area contributed by atoms with Crippen LogP contribution >= 0.6 is 0 Å². The van der Waals surface area contributed by atoms with Crippen LogP contribution in [0.3, 0.4) is 0 Å². The van der Waals surface area contributed by atoms with Gasteiger partial charge in [-0.1, -0.05) is 26.0 Å². The van der Waals surface area contributed by atoms with Crippen molar-refractivity contribution in [1.82, 2.24) is 0 Å². The molecular weight excluding hydrogens is 400 g/mol. The minimum atomic E-state index is -0.944. The van der Waals surface area contributed by atoms with E-state index >= 15 is 0 Å². The zero-order valence-electron chi connectivity index (χ0n) is 18.7. The lowest BCUT2D eigenvalue weighted by atomic mass is 9.90. The van der Waals surface area contributed by atoms with Crippen molar-refractivity contribution in [2.45, 2.75) is 52.4 Å². The fourth-order valence-corrected chi connectivity index (χ4v) is 3.29. The van der Waals surface area contributed by atoms with Crippen LogP contribution < -0.4 is 4.74 Å². The second-order valence-corrected chi connectivity index (χ2v) is 7.71. The molecule has 1 aromatic carbocycles. The predicted molar refractivity (Wildman–Crippen MR) is 117 cm³/mol. The molecular formula is C24H34O7. The number of benzene rings is 1. The van der Waals surface area contributed by atoms with Crippen molar-refractivity contribution in [2.24, 2.45) is 5.92 Å². The highest BCUT2D eigenvalue weighted by Crippen LogP contribution is 2.27. The Labute approximate surface area is 184 Å². The third-order valence-corrected chi connectivity index (χ3v) is 5.16. The average Bonchev–Trinajstić information content (AvgIpc) is 2.74. The van der Waals surface area contributed by atoms with Crippen LogP contribution in [0.1, 0.15) is 45.6 Å². The lowest BCUT2D eigenvalue weighted by molar-refractivity contribution is -0.140. The molecule has 0 spiro atoms. The van der Waals surface area contributed by atoms with Gasteiger partial charge in [0.05, 0.1) is 19.3 Å². The van der Waals surface area contributed by atoms with E-state index in [1.54, 1.807) is 6.08 Å². The number of rotatable bonds is 12. The van der Waals surface area contributed by atoms with Gasteiger partial charge >= 0.3 is 5.97 Å². The molecule has 0 aromatic heterocycles. The summed E-state index contributed by atoms with van der Waals surface area (Å²) in [5.41, 5.74) is 1.90. The molecule has 0 fully saturated rings. The van der Waals surface area contributed by atoms with Gasteiger partial charge in [-0.15, -0.1) is 0 Å². The van der Waals surface area contributed by atoms with Gasteiger partial charge in [-0.2, -0.15) is 0 Å². The number of esters is 1. The van der Waals surface area contributed by atoms with Gasteiger partial charge < -0.3 is 29.2 Å². The van der Waals surface area contributed by atoms with Crippen molar-refractivity contribution in [2.75, 3.05) is 26.4 Å². The summed E-state index contributed by atoms with van der Waals surface area (Å²) in [5, 5.41) is 19.5. The molecule has 4 atom stereocenters. The number of hydrogen-bond acceptors (Lipinski definition) is 7. The Morgan fingerprint density at radius 2 is 1.87 bits per heavy atom. The average molecular weight is 435 g/mol. The Hall–Kier alpha value is -2.35. The number of aliphatic hydroxyl groups is 2. The largest absolute Gasteiger partial charge is 0.508 e. The second kappa shape index (κ2) is 12.5. The number of carbonyl (C=O) groups is 1. The fraction of sp³-hybridized carbons (Fsp3) is 0.542. The van der Waals surface area contributed by atoms with E-state index in [9.17, 15) is 15.0 Å². The lowest BCUT2D eigenvalue weighted by Gasteiger charge is -2.30. The van der Waals surface area contributed by atoms with E-state index < -0.39 is 18.4 Å². The molecule has 172 valence electrons. The first kappa shape index (κ1) is 24.9. The summed E-state index contributed by atoms with van der Waals surface area (Å²) in [6, 6.07) is 8.05. The standard InChI is InChI=1S/C24H34O7/c1-5-16(2)19-6-8-23(9-7-19)28-10-11-29-24-20(14-30-17(3)25)12-22(27)13-21(24)15-31-18(4)26/h6-9,12-13,16-17,20,24-25,27H,5,10-11,14-15H2,1-4H3. The lowest BCUT2D eigenvalue weighted by Crippen LogP contribution is -2.35. The molecule has 1 aliphatic carbocycles. The second-order valence-electron chi connectivity index (χ2n) is 7.71. The summed E-state index contributed by atoms with van der Waals surface area (Å²) in [4.78, 5) is 11.2. The molecule has 0 amide bonds. The first-order chi connectivity index (χ1) is 14.8. The summed E-state index contributed by atoms with van der Waals surface area (Å²) in [5.74, 6) is 0.548. The zero-order chi connectivity index (χ0) is 22.8. The molecule has 1 aromatic rings. The number of carbonyl (C=O) groups excluding carboxylic acids is 1. The van der Waals surface area contributed by atoms with Crippen LogP contribution in [0.5, 0.6) is 5.75 Å². The van der Waals surface area contributed by atoms with Crippen molar-refractivity contribution in [3.63, 3.8) is 0 Å². The quantitative estimate of drug-likeness (QED) is 0.293. The van der Waals surface area contributed by atoms with Crippen molar-refractivity contribution >= 4 is 5.97 Å². The summed E-state index contributed by atoms with van der Waals surface area (Å²) in [6.07, 6.45) is 2.80. The molecule has 0 saturated carbocycles. The summed E-state index contributed by atoms with van der Waals surface area (Å²) in [7, 11) is 0. The maximum atomic E-state index is 11.2. The van der Waals surface area contributed by atoms with E-state index in [-0.39, 0.29) is 31.5 Å². The van der Waals surface area contributed by atoms with Crippen LogP contribution in [-0.4, -0.2) is 55.0 Å². The van der Waals surface area contributed by atoms with Crippen LogP contribution in [0, 0.1) is 5.92 Å². The molecule has 1 aliphatic rings. The highest BCUT2D eigenvalue weighted by molar-refractivity contribution is 5.66. The van der Waals surface area contributed by atoms with Crippen molar-refractivity contribution in [3.05, 3.63) is 53.3 Å². The van der Waals surface area contributed by atoms with E-state index in [0.717, 1.165) is 12.2 Å². The number of allylic oxidation sites excluding steroid dienone is 1. The van der Waals surface area contributed by atoms with Crippen LogP contribution in [0.25, 0.3) is 0 Å². The Morgan fingerprint density at radius 1 is 1.16 bits per heavy atom. The SMILES string of the molecule is CCC(C)c1ccc(OCCOC2C(COC(C)=O)=CC(O)=CC2COC(C)O)cc1. The molecule has 2 rings (SSSR count). The molecule has 0 saturated heterocycles. The highest BCUT2D eigenvalue weighted by Gasteiger charge is 2.30. The van der Waals surface area contributed by atoms with Gasteiger partial charge in [-0.05, 0) is 49.1 Å². The number of ether oxygens (including phenoxy) is 4. The van der Waals surface area contributed by atoms with Gasteiger partial charge in [0, 0.05) is 18.4 Å². The Balaban J connectivity index is 1.95. The molecule has 7 nitrogen and oxygen atoms in total.